The Morgan fingerprint density at radius 3 is 2.16 bits per heavy atom. The van der Waals surface area contributed by atoms with Crippen LogP contribution in [0.3, 0.4) is 0 Å². The highest BCUT2D eigenvalue weighted by atomic mass is 19.4. The van der Waals surface area contributed by atoms with Crippen LogP contribution in [-0.4, -0.2) is 65.5 Å². The Labute approximate surface area is 247 Å². The summed E-state index contributed by atoms with van der Waals surface area (Å²) in [4.78, 5) is 32.8. The molecule has 2 unspecified atom stereocenters. The average molecular weight is 611 g/mol. The highest BCUT2D eigenvalue weighted by Gasteiger charge is 2.57. The standard InChI is InChI=1S/C31H36F6N4O2/c1-20-7-3-4-9-26(20)41-21(2)40(14-10-25-8-5-6-13-38-25)28(43)29(41)11-15-39(16-12-29)27(42)22-17-23(30(32,33)34)19-24(18-22)31(35,36)37/h3-4,7,9,17-19,21,25,38H,5-6,8,10-16H2,1-2H3. The van der Waals surface area contributed by atoms with Gasteiger partial charge < -0.3 is 20.0 Å². The molecule has 1 spiro atoms. The van der Waals surface area contributed by atoms with Crippen LogP contribution in [0.4, 0.5) is 32.0 Å². The quantitative estimate of drug-likeness (QED) is 0.408. The molecule has 5 rings (SSSR count). The van der Waals surface area contributed by atoms with E-state index in [0.29, 0.717) is 24.7 Å². The third-order valence-electron chi connectivity index (χ3n) is 9.16. The fourth-order valence-corrected chi connectivity index (χ4v) is 6.85. The van der Waals surface area contributed by atoms with Crippen LogP contribution in [0.2, 0.25) is 0 Å². The molecule has 0 aromatic heterocycles. The third-order valence-corrected chi connectivity index (χ3v) is 9.16. The van der Waals surface area contributed by atoms with Gasteiger partial charge >= 0.3 is 12.4 Å². The van der Waals surface area contributed by atoms with Gasteiger partial charge in [-0.05, 0) is 82.3 Å². The minimum Gasteiger partial charge on any atom is -0.338 e. The first kappa shape index (κ1) is 31.2. The van der Waals surface area contributed by atoms with Crippen molar-refractivity contribution in [2.24, 2.45) is 0 Å². The van der Waals surface area contributed by atoms with Crippen molar-refractivity contribution in [3.05, 3.63) is 64.7 Å². The van der Waals surface area contributed by atoms with E-state index < -0.39 is 40.5 Å². The summed E-state index contributed by atoms with van der Waals surface area (Å²) in [6, 6.07) is 8.98. The van der Waals surface area contributed by atoms with Gasteiger partial charge in [-0.3, -0.25) is 9.59 Å². The zero-order valence-corrected chi connectivity index (χ0v) is 24.2. The summed E-state index contributed by atoms with van der Waals surface area (Å²) in [5.41, 5.74) is -2.89. The van der Waals surface area contributed by atoms with Gasteiger partial charge in [0.1, 0.15) is 11.7 Å². The molecular weight excluding hydrogens is 574 g/mol. The summed E-state index contributed by atoms with van der Waals surface area (Å²) < 4.78 is 80.6. The predicted octanol–water partition coefficient (Wildman–Crippen LogP) is 6.23. The van der Waals surface area contributed by atoms with Crippen LogP contribution >= 0.6 is 0 Å². The summed E-state index contributed by atoms with van der Waals surface area (Å²) in [7, 11) is 0. The van der Waals surface area contributed by atoms with E-state index in [1.165, 1.54) is 4.90 Å². The molecule has 3 aliphatic rings. The van der Waals surface area contributed by atoms with Crippen LogP contribution < -0.4 is 10.2 Å². The first-order chi connectivity index (χ1) is 20.2. The van der Waals surface area contributed by atoms with Gasteiger partial charge in [-0.1, -0.05) is 24.6 Å². The number of nitrogens with zero attached hydrogens (tertiary/aromatic N) is 3. The number of benzene rings is 2. The Kier molecular flexibility index (Phi) is 8.45. The van der Waals surface area contributed by atoms with E-state index in [2.05, 4.69) is 10.2 Å². The molecule has 0 bridgehead atoms. The molecule has 0 radical (unpaired) electrons. The van der Waals surface area contributed by atoms with Crippen molar-refractivity contribution in [3.8, 4) is 0 Å². The van der Waals surface area contributed by atoms with Gasteiger partial charge in [0, 0.05) is 36.9 Å². The number of hydrogen-bond donors (Lipinski definition) is 1. The fourth-order valence-electron chi connectivity index (χ4n) is 6.85. The Morgan fingerprint density at radius 1 is 0.977 bits per heavy atom. The largest absolute Gasteiger partial charge is 0.416 e. The van der Waals surface area contributed by atoms with Gasteiger partial charge in [-0.25, -0.2) is 0 Å². The molecule has 0 saturated carbocycles. The number of nitrogens with one attached hydrogen (secondary N) is 1. The van der Waals surface area contributed by atoms with Crippen molar-refractivity contribution < 1.29 is 35.9 Å². The van der Waals surface area contributed by atoms with Gasteiger partial charge in [0.15, 0.2) is 0 Å². The van der Waals surface area contributed by atoms with Crippen LogP contribution in [0.1, 0.15) is 72.5 Å². The summed E-state index contributed by atoms with van der Waals surface area (Å²) in [5.74, 6) is -0.989. The Hall–Kier alpha value is -3.28. The van der Waals surface area contributed by atoms with E-state index in [1.54, 1.807) is 0 Å². The molecular formula is C31H36F6N4O2. The van der Waals surface area contributed by atoms with Crippen LogP contribution in [0, 0.1) is 6.92 Å². The number of carbonyl (C=O) groups is 2. The van der Waals surface area contributed by atoms with E-state index in [9.17, 15) is 35.9 Å². The number of alkyl halides is 6. The molecule has 3 aliphatic heterocycles. The monoisotopic (exact) mass is 610 g/mol. The average Bonchev–Trinajstić information content (AvgIpc) is 3.16. The van der Waals surface area contributed by atoms with Gasteiger partial charge in [0.05, 0.1) is 11.1 Å². The molecule has 234 valence electrons. The number of rotatable bonds is 5. The van der Waals surface area contributed by atoms with E-state index >= 15 is 0 Å². The first-order valence-corrected chi connectivity index (χ1v) is 14.7. The Balaban J connectivity index is 1.41. The Bertz CT molecular complexity index is 1310. The fraction of sp³-hybridized carbons (Fsp3) is 0.548. The van der Waals surface area contributed by atoms with E-state index in [-0.39, 0.29) is 44.1 Å². The van der Waals surface area contributed by atoms with Crippen molar-refractivity contribution in [2.45, 2.75) is 82.5 Å². The molecule has 6 nitrogen and oxygen atoms in total. The molecule has 2 aromatic carbocycles. The van der Waals surface area contributed by atoms with Crippen molar-refractivity contribution in [3.63, 3.8) is 0 Å². The van der Waals surface area contributed by atoms with Gasteiger partial charge in [-0.15, -0.1) is 0 Å². The first-order valence-electron chi connectivity index (χ1n) is 14.7. The SMILES string of the molecule is Cc1ccccc1N1C(C)N(CCC2CCCCN2)C(=O)C12CCN(C(=O)c1cc(C(F)(F)F)cc(C(F)(F)F)c1)CC2. The topological polar surface area (TPSA) is 55.9 Å². The molecule has 2 amide bonds. The van der Waals surface area contributed by atoms with Gasteiger partial charge in [0.2, 0.25) is 5.91 Å². The summed E-state index contributed by atoms with van der Waals surface area (Å²) in [5, 5.41) is 3.52. The van der Waals surface area contributed by atoms with Gasteiger partial charge in [-0.2, -0.15) is 26.3 Å². The maximum atomic E-state index is 14.2. The number of hydrogen-bond acceptors (Lipinski definition) is 4. The highest BCUT2D eigenvalue weighted by molar-refractivity contribution is 5.97. The van der Waals surface area contributed by atoms with Crippen molar-refractivity contribution >= 4 is 17.5 Å². The molecule has 3 fully saturated rings. The maximum Gasteiger partial charge on any atom is 0.416 e. The lowest BCUT2D eigenvalue weighted by Crippen LogP contribution is -2.58. The zero-order chi connectivity index (χ0) is 31.2. The zero-order valence-electron chi connectivity index (χ0n) is 24.2. The normalized spacial score (nSPS) is 22.9. The Morgan fingerprint density at radius 2 is 1.60 bits per heavy atom. The van der Waals surface area contributed by atoms with Crippen LogP contribution in [0.25, 0.3) is 0 Å². The van der Waals surface area contributed by atoms with Crippen molar-refractivity contribution in [1.82, 2.24) is 15.1 Å². The molecule has 43 heavy (non-hydrogen) atoms. The smallest absolute Gasteiger partial charge is 0.338 e. The third kappa shape index (κ3) is 6.07. The summed E-state index contributed by atoms with van der Waals surface area (Å²) in [6.45, 7) is 5.46. The number of anilines is 1. The lowest BCUT2D eigenvalue weighted by atomic mass is 9.84. The number of piperidine rings is 2. The van der Waals surface area contributed by atoms with Crippen LogP contribution in [0.5, 0.6) is 0 Å². The lowest BCUT2D eigenvalue weighted by Gasteiger charge is -2.45. The minimum absolute atomic E-state index is 0.00922. The molecule has 2 atom stereocenters. The molecule has 12 heteroatoms. The van der Waals surface area contributed by atoms with E-state index in [0.717, 1.165) is 43.5 Å². The van der Waals surface area contributed by atoms with Crippen molar-refractivity contribution in [1.29, 1.82) is 0 Å². The lowest BCUT2D eigenvalue weighted by molar-refractivity contribution is -0.143. The number of halogens is 6. The van der Waals surface area contributed by atoms with Gasteiger partial charge in [0.25, 0.3) is 5.91 Å². The van der Waals surface area contributed by atoms with E-state index in [1.807, 2.05) is 43.0 Å². The number of carbonyl (C=O) groups excluding carboxylic acids is 2. The molecule has 3 saturated heterocycles. The van der Waals surface area contributed by atoms with Crippen molar-refractivity contribution in [2.75, 3.05) is 31.1 Å². The number of likely N-dealkylation sites (tertiary alicyclic amines) is 1. The second-order valence-electron chi connectivity index (χ2n) is 11.8. The van der Waals surface area contributed by atoms with Crippen LogP contribution in [-0.2, 0) is 17.1 Å². The minimum atomic E-state index is -5.06. The summed E-state index contributed by atoms with van der Waals surface area (Å²) >= 11 is 0. The molecule has 3 heterocycles. The highest BCUT2D eigenvalue weighted by Crippen LogP contribution is 2.44. The molecule has 2 aromatic rings. The summed E-state index contributed by atoms with van der Waals surface area (Å²) in [6.07, 6.45) is -5.89. The number of aryl methyl sites for hydroxylation is 1. The molecule has 1 N–H and O–H groups in total. The maximum absolute atomic E-state index is 14.2. The van der Waals surface area contributed by atoms with E-state index in [4.69, 9.17) is 0 Å². The predicted molar refractivity (Wildman–Crippen MR) is 149 cm³/mol. The molecule has 0 aliphatic carbocycles. The second kappa shape index (κ2) is 11.7. The second-order valence-corrected chi connectivity index (χ2v) is 11.8. The number of para-hydroxylation sites is 1. The van der Waals surface area contributed by atoms with Crippen LogP contribution in [0.15, 0.2) is 42.5 Å². The number of amides is 2.